The Morgan fingerprint density at radius 1 is 1.27 bits per heavy atom. The molecule has 134 valence electrons. The van der Waals surface area contributed by atoms with Crippen LogP contribution in [0.4, 0.5) is 5.69 Å². The van der Waals surface area contributed by atoms with Gasteiger partial charge in [0.1, 0.15) is 11.9 Å². The Morgan fingerprint density at radius 3 is 2.77 bits per heavy atom. The highest BCUT2D eigenvalue weighted by atomic mass is 32.2. The minimum Gasteiger partial charge on any atom is -0.487 e. The van der Waals surface area contributed by atoms with E-state index in [9.17, 15) is 4.79 Å². The summed E-state index contributed by atoms with van der Waals surface area (Å²) in [4.78, 5) is 20.4. The number of aromatic nitrogens is 2. The molecule has 4 rings (SSSR count). The van der Waals surface area contributed by atoms with Crippen molar-refractivity contribution in [3.05, 3.63) is 46.9 Å². The quantitative estimate of drug-likeness (QED) is 0.649. The van der Waals surface area contributed by atoms with Crippen LogP contribution in [0.1, 0.15) is 6.92 Å². The van der Waals surface area contributed by atoms with Crippen molar-refractivity contribution in [3.8, 4) is 17.0 Å². The average molecular weight is 367 g/mol. The highest BCUT2D eigenvalue weighted by Crippen LogP contribution is 2.41. The van der Waals surface area contributed by atoms with Crippen LogP contribution in [-0.4, -0.2) is 35.5 Å². The van der Waals surface area contributed by atoms with Crippen molar-refractivity contribution in [2.24, 2.45) is 7.05 Å². The molecule has 0 saturated carbocycles. The molecule has 0 saturated heterocycles. The third kappa shape index (κ3) is 2.56. The van der Waals surface area contributed by atoms with Crippen LogP contribution in [0.5, 0.6) is 5.75 Å². The number of thioether (sulfide) groups is 1. The number of benzene rings is 1. The molecule has 1 aliphatic heterocycles. The second kappa shape index (κ2) is 6.36. The summed E-state index contributed by atoms with van der Waals surface area (Å²) in [7, 11) is 3.88. The second-order valence-electron chi connectivity index (χ2n) is 6.63. The Labute approximate surface area is 156 Å². The van der Waals surface area contributed by atoms with Gasteiger partial charge in [-0.05, 0) is 37.4 Å². The summed E-state index contributed by atoms with van der Waals surface area (Å²) in [5.41, 5.74) is 3.57. The molecule has 1 aromatic carbocycles. The van der Waals surface area contributed by atoms with Crippen molar-refractivity contribution >= 4 is 28.4 Å². The fourth-order valence-electron chi connectivity index (χ4n) is 3.61. The SMILES string of the molecule is CSc1c(-c2ccccn2)c2cc3c(cc2n(C)c1=O)N(C)CC(C)O3. The zero-order valence-electron chi connectivity index (χ0n) is 15.3. The number of aryl methyl sites for hydroxylation is 1. The molecule has 0 fully saturated rings. The Hall–Kier alpha value is -2.47. The molecule has 0 aliphatic carbocycles. The van der Waals surface area contributed by atoms with Crippen molar-refractivity contribution in [1.82, 2.24) is 9.55 Å². The van der Waals surface area contributed by atoms with E-state index in [0.717, 1.165) is 40.1 Å². The summed E-state index contributed by atoms with van der Waals surface area (Å²) < 4.78 is 7.81. The average Bonchev–Trinajstić information content (AvgIpc) is 2.64. The number of hydrogen-bond acceptors (Lipinski definition) is 5. The van der Waals surface area contributed by atoms with Gasteiger partial charge in [0, 0.05) is 31.2 Å². The minimum atomic E-state index is -0.00153. The molecule has 0 bridgehead atoms. The van der Waals surface area contributed by atoms with Gasteiger partial charge in [0.25, 0.3) is 5.56 Å². The number of nitrogens with zero attached hydrogens (tertiary/aromatic N) is 3. The first-order valence-electron chi connectivity index (χ1n) is 8.55. The molecule has 6 heteroatoms. The monoisotopic (exact) mass is 367 g/mol. The molecule has 0 spiro atoms. The highest BCUT2D eigenvalue weighted by Gasteiger charge is 2.24. The number of fused-ring (bicyclic) bond motifs is 2. The number of anilines is 1. The molecule has 3 heterocycles. The third-order valence-corrected chi connectivity index (χ3v) is 5.62. The first-order chi connectivity index (χ1) is 12.5. The summed E-state index contributed by atoms with van der Waals surface area (Å²) in [5, 5.41) is 0.983. The fraction of sp³-hybridized carbons (Fsp3) is 0.300. The lowest BCUT2D eigenvalue weighted by Crippen LogP contribution is -2.35. The van der Waals surface area contributed by atoms with Crippen molar-refractivity contribution in [2.75, 3.05) is 24.7 Å². The summed E-state index contributed by atoms with van der Waals surface area (Å²) in [6.07, 6.45) is 3.81. The Balaban J connectivity index is 2.13. The maximum Gasteiger partial charge on any atom is 0.265 e. The van der Waals surface area contributed by atoms with E-state index in [4.69, 9.17) is 4.74 Å². The van der Waals surface area contributed by atoms with E-state index >= 15 is 0 Å². The number of pyridine rings is 2. The van der Waals surface area contributed by atoms with E-state index in [0.29, 0.717) is 4.90 Å². The maximum absolute atomic E-state index is 13.0. The van der Waals surface area contributed by atoms with E-state index < -0.39 is 0 Å². The van der Waals surface area contributed by atoms with Gasteiger partial charge in [-0.3, -0.25) is 9.78 Å². The summed E-state index contributed by atoms with van der Waals surface area (Å²) in [6, 6.07) is 9.88. The van der Waals surface area contributed by atoms with Gasteiger partial charge < -0.3 is 14.2 Å². The van der Waals surface area contributed by atoms with E-state index in [1.807, 2.05) is 31.5 Å². The van der Waals surface area contributed by atoms with Crippen LogP contribution in [0, 0.1) is 0 Å². The van der Waals surface area contributed by atoms with Crippen LogP contribution in [0.25, 0.3) is 22.2 Å². The van der Waals surface area contributed by atoms with Gasteiger partial charge in [0.15, 0.2) is 0 Å². The summed E-state index contributed by atoms with van der Waals surface area (Å²) in [5.74, 6) is 0.849. The number of rotatable bonds is 2. The molecule has 1 atom stereocenters. The molecule has 1 unspecified atom stereocenters. The van der Waals surface area contributed by atoms with E-state index in [1.54, 1.807) is 10.8 Å². The molecule has 2 aromatic heterocycles. The number of hydrogen-bond donors (Lipinski definition) is 0. The smallest absolute Gasteiger partial charge is 0.265 e. The second-order valence-corrected chi connectivity index (χ2v) is 7.45. The standard InChI is InChI=1S/C20H21N3O2S/c1-12-11-22(2)16-10-15-13(9-17(16)25-12)18(14-7-5-6-8-21-14)19(26-4)20(24)23(15)3/h5-10,12H,11H2,1-4H3. The molecule has 0 N–H and O–H groups in total. The number of ether oxygens (including phenoxy) is 1. The Bertz CT molecular complexity index is 1050. The molecule has 0 amide bonds. The van der Waals surface area contributed by atoms with E-state index in [-0.39, 0.29) is 11.7 Å². The molecule has 5 nitrogen and oxygen atoms in total. The van der Waals surface area contributed by atoms with Gasteiger partial charge in [-0.1, -0.05) is 6.07 Å². The lowest BCUT2D eigenvalue weighted by atomic mass is 10.0. The predicted octanol–water partition coefficient (Wildman–Crippen LogP) is 3.54. The lowest BCUT2D eigenvalue weighted by molar-refractivity contribution is 0.216. The maximum atomic E-state index is 13.0. The third-order valence-electron chi connectivity index (χ3n) is 4.83. The molecule has 0 radical (unpaired) electrons. The predicted molar refractivity (Wildman–Crippen MR) is 108 cm³/mol. The summed E-state index contributed by atoms with van der Waals surface area (Å²) in [6.45, 7) is 2.89. The molecule has 26 heavy (non-hydrogen) atoms. The summed E-state index contributed by atoms with van der Waals surface area (Å²) >= 11 is 1.46. The molecular formula is C20H21N3O2S. The van der Waals surface area contributed by atoms with Gasteiger partial charge in [0.05, 0.1) is 28.3 Å². The Morgan fingerprint density at radius 2 is 2.08 bits per heavy atom. The lowest BCUT2D eigenvalue weighted by Gasteiger charge is -2.32. The highest BCUT2D eigenvalue weighted by molar-refractivity contribution is 7.98. The van der Waals surface area contributed by atoms with Crippen molar-refractivity contribution < 1.29 is 4.74 Å². The van der Waals surface area contributed by atoms with Gasteiger partial charge in [0.2, 0.25) is 0 Å². The number of likely N-dealkylation sites (N-methyl/N-ethyl adjacent to an activating group) is 1. The van der Waals surface area contributed by atoms with Crippen LogP contribution >= 0.6 is 11.8 Å². The molecule has 3 aromatic rings. The molecular weight excluding hydrogens is 346 g/mol. The van der Waals surface area contributed by atoms with Crippen LogP contribution < -0.4 is 15.2 Å². The normalized spacial score (nSPS) is 16.5. The minimum absolute atomic E-state index is 0.00153. The largest absolute Gasteiger partial charge is 0.487 e. The molecule has 1 aliphatic rings. The fourth-order valence-corrected chi connectivity index (χ4v) is 4.34. The van der Waals surface area contributed by atoms with Crippen LogP contribution in [0.15, 0.2) is 46.2 Å². The Kier molecular flexibility index (Phi) is 4.15. The van der Waals surface area contributed by atoms with Gasteiger partial charge >= 0.3 is 0 Å². The topological polar surface area (TPSA) is 47.4 Å². The zero-order chi connectivity index (χ0) is 18.4. The van der Waals surface area contributed by atoms with Crippen molar-refractivity contribution in [3.63, 3.8) is 0 Å². The van der Waals surface area contributed by atoms with E-state index in [2.05, 4.69) is 36.0 Å². The first-order valence-corrected chi connectivity index (χ1v) is 9.77. The van der Waals surface area contributed by atoms with Crippen molar-refractivity contribution in [2.45, 2.75) is 17.9 Å². The van der Waals surface area contributed by atoms with Crippen LogP contribution in [-0.2, 0) is 7.05 Å². The van der Waals surface area contributed by atoms with E-state index in [1.165, 1.54) is 11.8 Å². The van der Waals surface area contributed by atoms with Gasteiger partial charge in [-0.25, -0.2) is 0 Å². The first kappa shape index (κ1) is 17.0. The zero-order valence-corrected chi connectivity index (χ0v) is 16.1. The van der Waals surface area contributed by atoms with Crippen LogP contribution in [0.3, 0.4) is 0 Å². The van der Waals surface area contributed by atoms with Crippen LogP contribution in [0.2, 0.25) is 0 Å². The van der Waals surface area contributed by atoms with Gasteiger partial charge in [-0.15, -0.1) is 11.8 Å². The van der Waals surface area contributed by atoms with Crippen molar-refractivity contribution in [1.29, 1.82) is 0 Å². The van der Waals surface area contributed by atoms with Gasteiger partial charge in [-0.2, -0.15) is 0 Å².